The molecule has 1 heterocycles. The Morgan fingerprint density at radius 3 is 2.06 bits per heavy atom. The zero-order valence-corrected chi connectivity index (χ0v) is 18.9. The molecule has 3 N–H and O–H groups in total. The first-order valence-corrected chi connectivity index (χ1v) is 10.8. The fourth-order valence-corrected chi connectivity index (χ4v) is 3.24. The number of epoxide rings is 1. The predicted molar refractivity (Wildman–Crippen MR) is 115 cm³/mol. The number of hydrogen-bond donors (Lipinski definition) is 3. The van der Waals surface area contributed by atoms with Gasteiger partial charge >= 0.3 is 11.9 Å². The summed E-state index contributed by atoms with van der Waals surface area (Å²) in [6.07, 6.45) is -1.62. The van der Waals surface area contributed by atoms with Crippen molar-refractivity contribution in [2.24, 2.45) is 11.8 Å². The summed E-state index contributed by atoms with van der Waals surface area (Å²) in [5.74, 6) is -2.80. The molecule has 1 aromatic rings. The number of esters is 1. The summed E-state index contributed by atoms with van der Waals surface area (Å²) in [5.41, 5.74) is 0.831. The number of ether oxygens (including phenoxy) is 2. The molecule has 0 radical (unpaired) electrons. The highest BCUT2D eigenvalue weighted by molar-refractivity contribution is 5.95. The van der Waals surface area contributed by atoms with E-state index in [-0.39, 0.29) is 18.4 Å². The maximum absolute atomic E-state index is 13.0. The summed E-state index contributed by atoms with van der Waals surface area (Å²) >= 11 is 0. The second-order valence-corrected chi connectivity index (χ2v) is 8.79. The second kappa shape index (κ2) is 11.6. The number of hydrogen-bond acceptors (Lipinski definition) is 6. The molecular formula is C23H32N2O7. The van der Waals surface area contributed by atoms with Crippen molar-refractivity contribution >= 4 is 23.8 Å². The Balaban J connectivity index is 2.02. The van der Waals surface area contributed by atoms with Gasteiger partial charge in [0.2, 0.25) is 5.91 Å². The number of aliphatic carboxylic acids is 1. The molecule has 1 fully saturated rings. The molecule has 0 bridgehead atoms. The molecular weight excluding hydrogens is 416 g/mol. The van der Waals surface area contributed by atoms with Gasteiger partial charge in [0, 0.05) is 0 Å². The van der Waals surface area contributed by atoms with Crippen LogP contribution in [0.25, 0.3) is 0 Å². The van der Waals surface area contributed by atoms with Gasteiger partial charge in [0.1, 0.15) is 18.7 Å². The lowest BCUT2D eigenvalue weighted by molar-refractivity contribution is -0.150. The van der Waals surface area contributed by atoms with Crippen molar-refractivity contribution in [2.45, 2.75) is 71.4 Å². The fourth-order valence-electron chi connectivity index (χ4n) is 3.24. The lowest BCUT2D eigenvalue weighted by Gasteiger charge is -2.24. The van der Waals surface area contributed by atoms with Crippen LogP contribution in [0, 0.1) is 11.8 Å². The van der Waals surface area contributed by atoms with Gasteiger partial charge in [-0.25, -0.2) is 9.59 Å². The van der Waals surface area contributed by atoms with E-state index in [1.54, 1.807) is 0 Å². The highest BCUT2D eigenvalue weighted by Gasteiger charge is 2.51. The minimum Gasteiger partial charge on any atom is -0.479 e. The molecule has 0 aromatic heterocycles. The van der Waals surface area contributed by atoms with E-state index in [9.17, 15) is 19.2 Å². The van der Waals surface area contributed by atoms with Crippen molar-refractivity contribution in [2.75, 3.05) is 0 Å². The van der Waals surface area contributed by atoms with E-state index in [2.05, 4.69) is 10.6 Å². The second-order valence-electron chi connectivity index (χ2n) is 8.79. The average molecular weight is 449 g/mol. The van der Waals surface area contributed by atoms with Crippen LogP contribution < -0.4 is 10.6 Å². The van der Waals surface area contributed by atoms with Gasteiger partial charge in [-0.3, -0.25) is 9.59 Å². The highest BCUT2D eigenvalue weighted by atomic mass is 16.6. The molecule has 2 amide bonds. The third-order valence-corrected chi connectivity index (χ3v) is 4.87. The third-order valence-electron chi connectivity index (χ3n) is 4.87. The number of carbonyl (C=O) groups is 4. The van der Waals surface area contributed by atoms with Crippen LogP contribution in [0.15, 0.2) is 30.3 Å². The normalized spacial score (nSPS) is 19.2. The quantitative estimate of drug-likeness (QED) is 0.327. The van der Waals surface area contributed by atoms with Gasteiger partial charge in [-0.1, -0.05) is 58.0 Å². The van der Waals surface area contributed by atoms with Crippen molar-refractivity contribution in [3.05, 3.63) is 35.9 Å². The predicted octanol–water partition coefficient (Wildman–Crippen LogP) is 1.64. The SMILES string of the molecule is CC(C)C[C@H](NC(=O)[C@H]1O[C@@H]1C(=O)O)C(=O)N[C@@H](CC(C)C)C(=O)OCc1ccccc1. The lowest BCUT2D eigenvalue weighted by atomic mass is 10.0. The molecule has 2 rings (SSSR count). The van der Waals surface area contributed by atoms with Crippen LogP contribution in [0.1, 0.15) is 46.1 Å². The highest BCUT2D eigenvalue weighted by Crippen LogP contribution is 2.22. The van der Waals surface area contributed by atoms with E-state index in [1.807, 2.05) is 58.0 Å². The van der Waals surface area contributed by atoms with Crippen molar-refractivity contribution < 1.29 is 33.8 Å². The van der Waals surface area contributed by atoms with Crippen molar-refractivity contribution in [1.82, 2.24) is 10.6 Å². The molecule has 9 nitrogen and oxygen atoms in total. The van der Waals surface area contributed by atoms with Crippen LogP contribution in [0.3, 0.4) is 0 Å². The number of rotatable bonds is 12. The Bertz CT molecular complexity index is 810. The van der Waals surface area contributed by atoms with E-state index in [4.69, 9.17) is 14.6 Å². The summed E-state index contributed by atoms with van der Waals surface area (Å²) in [5, 5.41) is 14.2. The number of amides is 2. The van der Waals surface area contributed by atoms with Crippen molar-refractivity contribution in [1.29, 1.82) is 0 Å². The summed E-state index contributed by atoms with van der Waals surface area (Å²) < 4.78 is 10.3. The lowest BCUT2D eigenvalue weighted by Crippen LogP contribution is -2.53. The van der Waals surface area contributed by atoms with E-state index in [0.717, 1.165) is 5.56 Å². The Morgan fingerprint density at radius 1 is 0.938 bits per heavy atom. The van der Waals surface area contributed by atoms with Gasteiger partial charge in [-0.15, -0.1) is 0 Å². The molecule has 0 spiro atoms. The van der Waals surface area contributed by atoms with Gasteiger partial charge in [-0.2, -0.15) is 0 Å². The molecule has 1 aliphatic rings. The van der Waals surface area contributed by atoms with Crippen LogP contribution in [0.5, 0.6) is 0 Å². The zero-order valence-electron chi connectivity index (χ0n) is 18.9. The molecule has 0 saturated carbocycles. The average Bonchev–Trinajstić information content (AvgIpc) is 3.52. The van der Waals surface area contributed by atoms with Crippen LogP contribution in [0.2, 0.25) is 0 Å². The Kier molecular flexibility index (Phi) is 9.19. The number of carbonyl (C=O) groups excluding carboxylic acids is 3. The van der Waals surface area contributed by atoms with Crippen molar-refractivity contribution in [3.63, 3.8) is 0 Å². The van der Waals surface area contributed by atoms with Crippen LogP contribution >= 0.6 is 0 Å². The maximum Gasteiger partial charge on any atom is 0.336 e. The van der Waals surface area contributed by atoms with Gasteiger partial charge in [-0.05, 0) is 30.2 Å². The maximum atomic E-state index is 13.0. The van der Waals surface area contributed by atoms with Gasteiger partial charge < -0.3 is 25.2 Å². The minimum atomic E-state index is -1.23. The summed E-state index contributed by atoms with van der Waals surface area (Å²) in [6, 6.07) is 7.41. The number of carboxylic acid groups (broad SMARTS) is 1. The Labute approximate surface area is 187 Å². The molecule has 0 aliphatic carbocycles. The summed E-state index contributed by atoms with van der Waals surface area (Å²) in [6.45, 7) is 7.71. The molecule has 1 aromatic carbocycles. The summed E-state index contributed by atoms with van der Waals surface area (Å²) in [4.78, 5) is 48.9. The number of nitrogens with one attached hydrogen (secondary N) is 2. The molecule has 32 heavy (non-hydrogen) atoms. The monoisotopic (exact) mass is 448 g/mol. The smallest absolute Gasteiger partial charge is 0.336 e. The van der Waals surface area contributed by atoms with Crippen LogP contribution in [0.4, 0.5) is 0 Å². The summed E-state index contributed by atoms with van der Waals surface area (Å²) in [7, 11) is 0. The molecule has 1 aliphatic heterocycles. The van der Waals surface area contributed by atoms with Crippen molar-refractivity contribution in [3.8, 4) is 0 Å². The van der Waals surface area contributed by atoms with E-state index < -0.39 is 48.0 Å². The fraction of sp³-hybridized carbons (Fsp3) is 0.565. The topological polar surface area (TPSA) is 134 Å². The van der Waals surface area contributed by atoms with Gasteiger partial charge in [0.15, 0.2) is 12.2 Å². The molecule has 9 heteroatoms. The molecule has 1 saturated heterocycles. The zero-order chi connectivity index (χ0) is 23.8. The first kappa shape index (κ1) is 25.3. The first-order valence-electron chi connectivity index (χ1n) is 10.8. The first-order chi connectivity index (χ1) is 15.1. The van der Waals surface area contributed by atoms with Gasteiger partial charge in [0.05, 0.1) is 0 Å². The van der Waals surface area contributed by atoms with Gasteiger partial charge in [0.25, 0.3) is 5.91 Å². The largest absolute Gasteiger partial charge is 0.479 e. The van der Waals surface area contributed by atoms with E-state index in [0.29, 0.717) is 12.8 Å². The molecule has 176 valence electrons. The van der Waals surface area contributed by atoms with Crippen LogP contribution in [-0.2, 0) is 35.3 Å². The van der Waals surface area contributed by atoms with E-state index in [1.165, 1.54) is 0 Å². The Hall–Kier alpha value is -2.94. The number of benzene rings is 1. The Morgan fingerprint density at radius 2 is 1.53 bits per heavy atom. The molecule has 4 atom stereocenters. The molecule has 0 unspecified atom stereocenters. The van der Waals surface area contributed by atoms with E-state index >= 15 is 0 Å². The third kappa shape index (κ3) is 7.96. The minimum absolute atomic E-state index is 0.0648. The van der Waals surface area contributed by atoms with Crippen LogP contribution in [-0.4, -0.2) is 53.2 Å². The number of carboxylic acids is 1. The standard InChI is InChI=1S/C23H32N2O7/c1-13(2)10-16(24-21(27)18-19(32-18)22(28)29)20(26)25-17(11-14(3)4)23(30)31-12-15-8-6-5-7-9-15/h5-9,13-14,16-19H,10-12H2,1-4H3,(H,24,27)(H,25,26)(H,28,29)/t16-,17-,18-,19-/m0/s1.